The lowest BCUT2D eigenvalue weighted by molar-refractivity contribution is 0.108. The van der Waals surface area contributed by atoms with Gasteiger partial charge in [0.1, 0.15) is 0 Å². The van der Waals surface area contributed by atoms with Gasteiger partial charge in [0.05, 0.1) is 0 Å². The molecule has 1 aromatic rings. The Morgan fingerprint density at radius 1 is 1.31 bits per heavy atom. The second-order valence-corrected chi connectivity index (χ2v) is 3.44. The molecule has 0 radical (unpaired) electrons. The van der Waals surface area contributed by atoms with Crippen LogP contribution in [-0.4, -0.2) is 16.4 Å². The predicted molar refractivity (Wildman–Crippen MR) is 45.5 cm³/mol. The van der Waals surface area contributed by atoms with Gasteiger partial charge >= 0.3 is 0 Å². The Hall–Kier alpha value is -1.19. The third-order valence-corrected chi connectivity index (χ3v) is 2.53. The zero-order chi connectivity index (χ0) is 9.10. The summed E-state index contributed by atoms with van der Waals surface area (Å²) >= 11 is 0. The summed E-state index contributed by atoms with van der Waals surface area (Å²) in [5.74, 6) is 1.22. The topological polar surface area (TPSA) is 56.0 Å². The van der Waals surface area contributed by atoms with Crippen LogP contribution in [0.4, 0.5) is 0 Å². The van der Waals surface area contributed by atoms with Crippen molar-refractivity contribution in [3.8, 4) is 0 Å². The molecule has 1 fully saturated rings. The zero-order valence-electron chi connectivity index (χ0n) is 7.40. The molecule has 0 bridgehead atoms. The van der Waals surface area contributed by atoms with Crippen LogP contribution in [0.1, 0.15) is 54.5 Å². The van der Waals surface area contributed by atoms with Crippen molar-refractivity contribution in [3.63, 3.8) is 0 Å². The van der Waals surface area contributed by atoms with E-state index in [0.717, 1.165) is 12.8 Å². The van der Waals surface area contributed by atoms with E-state index in [0.29, 0.717) is 18.0 Å². The van der Waals surface area contributed by atoms with Gasteiger partial charge in [-0.3, -0.25) is 4.79 Å². The Morgan fingerprint density at radius 3 is 2.69 bits per heavy atom. The van der Waals surface area contributed by atoms with Crippen LogP contribution >= 0.6 is 0 Å². The zero-order valence-corrected chi connectivity index (χ0v) is 7.40. The van der Waals surface area contributed by atoms with Gasteiger partial charge in [0.15, 0.2) is 5.82 Å². The van der Waals surface area contributed by atoms with Gasteiger partial charge < -0.3 is 4.52 Å². The molecule has 4 heteroatoms. The van der Waals surface area contributed by atoms with Crippen molar-refractivity contribution in [1.82, 2.24) is 10.1 Å². The third-order valence-electron chi connectivity index (χ3n) is 2.53. The molecule has 0 atom stereocenters. The van der Waals surface area contributed by atoms with E-state index in [-0.39, 0.29) is 5.89 Å². The molecule has 1 heterocycles. The maximum atomic E-state index is 10.3. The smallest absolute Gasteiger partial charge is 0.290 e. The lowest BCUT2D eigenvalue weighted by Gasteiger charge is -2.17. The summed E-state index contributed by atoms with van der Waals surface area (Å²) in [6, 6.07) is 0. The van der Waals surface area contributed by atoms with Crippen molar-refractivity contribution in [2.24, 2.45) is 0 Å². The van der Waals surface area contributed by atoms with Crippen LogP contribution in [-0.2, 0) is 0 Å². The molecule has 0 amide bonds. The minimum absolute atomic E-state index is 0.0978. The minimum Gasteiger partial charge on any atom is -0.331 e. The van der Waals surface area contributed by atoms with Crippen molar-refractivity contribution in [3.05, 3.63) is 11.7 Å². The first-order chi connectivity index (χ1) is 6.40. The summed E-state index contributed by atoms with van der Waals surface area (Å²) in [5.41, 5.74) is 0. The van der Waals surface area contributed by atoms with Crippen molar-refractivity contribution >= 4 is 6.29 Å². The summed E-state index contributed by atoms with van der Waals surface area (Å²) in [6.45, 7) is 0. The van der Waals surface area contributed by atoms with Crippen molar-refractivity contribution < 1.29 is 9.32 Å². The lowest BCUT2D eigenvalue weighted by Crippen LogP contribution is -2.06. The minimum atomic E-state index is 0.0978. The summed E-state index contributed by atoms with van der Waals surface area (Å²) in [7, 11) is 0. The molecule has 1 aliphatic carbocycles. The summed E-state index contributed by atoms with van der Waals surface area (Å²) in [6.07, 6.45) is 6.61. The molecule has 13 heavy (non-hydrogen) atoms. The first-order valence-corrected chi connectivity index (χ1v) is 4.69. The number of carbonyl (C=O) groups excluding carboxylic acids is 1. The number of hydrogen-bond acceptors (Lipinski definition) is 4. The monoisotopic (exact) mass is 180 g/mol. The third kappa shape index (κ3) is 1.76. The maximum Gasteiger partial charge on any atom is 0.290 e. The summed E-state index contributed by atoms with van der Waals surface area (Å²) in [5, 5.41) is 3.79. The van der Waals surface area contributed by atoms with E-state index in [9.17, 15) is 4.79 Å². The van der Waals surface area contributed by atoms with Gasteiger partial charge in [-0.05, 0) is 12.8 Å². The Bertz CT molecular complexity index is 290. The van der Waals surface area contributed by atoms with Crippen molar-refractivity contribution in [2.45, 2.75) is 38.0 Å². The molecule has 1 aromatic heterocycles. The number of aldehydes is 1. The number of aromatic nitrogens is 2. The largest absolute Gasteiger partial charge is 0.331 e. The van der Waals surface area contributed by atoms with E-state index in [1.165, 1.54) is 19.3 Å². The van der Waals surface area contributed by atoms with E-state index >= 15 is 0 Å². The highest BCUT2D eigenvalue weighted by Gasteiger charge is 2.20. The van der Waals surface area contributed by atoms with Crippen LogP contribution in [0, 0.1) is 0 Å². The van der Waals surface area contributed by atoms with Crippen LogP contribution in [0.3, 0.4) is 0 Å². The van der Waals surface area contributed by atoms with Gasteiger partial charge in [-0.15, -0.1) is 0 Å². The van der Waals surface area contributed by atoms with Gasteiger partial charge in [-0.25, -0.2) is 0 Å². The molecule has 70 valence electrons. The van der Waals surface area contributed by atoms with Gasteiger partial charge in [0.25, 0.3) is 5.89 Å². The highest BCUT2D eigenvalue weighted by atomic mass is 16.5. The molecular formula is C9H12N2O2. The summed E-state index contributed by atoms with van der Waals surface area (Å²) in [4.78, 5) is 14.3. The molecule has 1 saturated carbocycles. The molecule has 1 aliphatic rings. The molecule has 2 rings (SSSR count). The fourth-order valence-electron chi connectivity index (χ4n) is 1.82. The van der Waals surface area contributed by atoms with Crippen molar-refractivity contribution in [2.75, 3.05) is 0 Å². The van der Waals surface area contributed by atoms with E-state index in [2.05, 4.69) is 10.1 Å². The van der Waals surface area contributed by atoms with Crippen LogP contribution in [0.15, 0.2) is 4.52 Å². The van der Waals surface area contributed by atoms with E-state index in [4.69, 9.17) is 4.52 Å². The van der Waals surface area contributed by atoms with Crippen molar-refractivity contribution in [1.29, 1.82) is 0 Å². The van der Waals surface area contributed by atoms with Gasteiger partial charge in [-0.2, -0.15) is 4.98 Å². The normalized spacial score (nSPS) is 18.8. The Morgan fingerprint density at radius 2 is 2.08 bits per heavy atom. The van der Waals surface area contributed by atoms with Crippen LogP contribution in [0.25, 0.3) is 0 Å². The molecule has 0 aromatic carbocycles. The van der Waals surface area contributed by atoms with E-state index in [1.807, 2.05) is 0 Å². The van der Waals surface area contributed by atoms with E-state index in [1.54, 1.807) is 0 Å². The predicted octanol–water partition coefficient (Wildman–Crippen LogP) is 1.93. The standard InChI is InChI=1S/C9H12N2O2/c12-6-8-10-9(11-13-8)7-4-2-1-3-5-7/h6-7H,1-5H2. The van der Waals surface area contributed by atoms with Gasteiger partial charge in [0.2, 0.25) is 6.29 Å². The van der Waals surface area contributed by atoms with Crippen LogP contribution in [0.2, 0.25) is 0 Å². The Kier molecular flexibility index (Phi) is 2.38. The average Bonchev–Trinajstić information content (AvgIpc) is 2.67. The first kappa shape index (κ1) is 8.41. The number of rotatable bonds is 2. The molecule has 0 N–H and O–H groups in total. The summed E-state index contributed by atoms with van der Waals surface area (Å²) < 4.78 is 4.74. The first-order valence-electron chi connectivity index (χ1n) is 4.69. The second kappa shape index (κ2) is 3.68. The fourth-order valence-corrected chi connectivity index (χ4v) is 1.82. The number of carbonyl (C=O) groups is 1. The highest BCUT2D eigenvalue weighted by Crippen LogP contribution is 2.30. The maximum absolute atomic E-state index is 10.3. The lowest BCUT2D eigenvalue weighted by atomic mass is 9.89. The highest BCUT2D eigenvalue weighted by molar-refractivity contribution is 5.66. The number of hydrogen-bond donors (Lipinski definition) is 0. The molecule has 4 nitrogen and oxygen atoms in total. The number of nitrogens with zero attached hydrogens (tertiary/aromatic N) is 2. The average molecular weight is 180 g/mol. The van der Waals surface area contributed by atoms with Gasteiger partial charge in [-0.1, -0.05) is 24.4 Å². The van der Waals surface area contributed by atoms with Crippen LogP contribution in [0.5, 0.6) is 0 Å². The van der Waals surface area contributed by atoms with Crippen LogP contribution < -0.4 is 0 Å². The Labute approximate surface area is 76.3 Å². The quantitative estimate of drug-likeness (QED) is 0.652. The van der Waals surface area contributed by atoms with Gasteiger partial charge in [0, 0.05) is 5.92 Å². The SMILES string of the molecule is O=Cc1nc(C2CCCCC2)no1. The molecular weight excluding hydrogens is 168 g/mol. The Balaban J connectivity index is 2.09. The molecule has 0 unspecified atom stereocenters. The molecule has 0 aliphatic heterocycles. The second-order valence-electron chi connectivity index (χ2n) is 3.44. The molecule has 0 saturated heterocycles. The fraction of sp³-hybridized carbons (Fsp3) is 0.667. The molecule has 0 spiro atoms. The van der Waals surface area contributed by atoms with E-state index < -0.39 is 0 Å².